The lowest BCUT2D eigenvalue weighted by atomic mass is 10.2. The number of rotatable bonds is 6. The molecule has 20 heavy (non-hydrogen) atoms. The minimum Gasteiger partial charge on any atom is -0.315 e. The van der Waals surface area contributed by atoms with Gasteiger partial charge in [-0.05, 0) is 41.0 Å². The van der Waals surface area contributed by atoms with Gasteiger partial charge in [0.2, 0.25) is 0 Å². The minimum atomic E-state index is -0.274. The maximum absolute atomic E-state index is 13.8. The van der Waals surface area contributed by atoms with E-state index in [-0.39, 0.29) is 5.82 Å². The van der Waals surface area contributed by atoms with Gasteiger partial charge in [-0.1, -0.05) is 31.3 Å². The Morgan fingerprint density at radius 3 is 2.85 bits per heavy atom. The largest absolute Gasteiger partial charge is 0.315 e. The summed E-state index contributed by atoms with van der Waals surface area (Å²) in [5.74, 6) is -0.274. The van der Waals surface area contributed by atoms with Crippen LogP contribution in [0.4, 0.5) is 4.39 Å². The standard InChI is InChI=1S/C14H17BrFN3S/c1-9(2)17-8-4-7-12-18-19-14(20-12)13-10(15)5-3-6-11(13)16/h3,5-6,9,17H,4,7-8H2,1-2H3. The predicted molar refractivity (Wildman–Crippen MR) is 84.5 cm³/mol. The van der Waals surface area contributed by atoms with Crippen LogP contribution < -0.4 is 5.32 Å². The third kappa shape index (κ3) is 4.07. The molecule has 2 aromatic rings. The van der Waals surface area contributed by atoms with Crippen molar-refractivity contribution >= 4 is 27.3 Å². The van der Waals surface area contributed by atoms with Crippen molar-refractivity contribution in [1.29, 1.82) is 0 Å². The quantitative estimate of drug-likeness (QED) is 0.792. The third-order valence-electron chi connectivity index (χ3n) is 2.76. The van der Waals surface area contributed by atoms with E-state index in [9.17, 15) is 4.39 Å². The van der Waals surface area contributed by atoms with Crippen molar-refractivity contribution < 1.29 is 4.39 Å². The summed E-state index contributed by atoms with van der Waals surface area (Å²) >= 11 is 4.81. The molecule has 1 aromatic carbocycles. The van der Waals surface area contributed by atoms with Crippen LogP contribution in [0.25, 0.3) is 10.6 Å². The minimum absolute atomic E-state index is 0.274. The van der Waals surface area contributed by atoms with Gasteiger partial charge in [0, 0.05) is 16.9 Å². The molecule has 0 bridgehead atoms. The first-order valence-electron chi connectivity index (χ1n) is 6.58. The van der Waals surface area contributed by atoms with Crippen LogP contribution in [0.3, 0.4) is 0 Å². The fourth-order valence-electron chi connectivity index (χ4n) is 1.79. The summed E-state index contributed by atoms with van der Waals surface area (Å²) < 4.78 is 14.5. The number of hydrogen-bond acceptors (Lipinski definition) is 4. The van der Waals surface area contributed by atoms with Crippen LogP contribution in [0.2, 0.25) is 0 Å². The van der Waals surface area contributed by atoms with Crippen LogP contribution in [-0.4, -0.2) is 22.8 Å². The van der Waals surface area contributed by atoms with Gasteiger partial charge in [-0.25, -0.2) is 4.39 Å². The summed E-state index contributed by atoms with van der Waals surface area (Å²) in [7, 11) is 0. The second-order valence-electron chi connectivity index (χ2n) is 4.81. The fraction of sp³-hybridized carbons (Fsp3) is 0.429. The highest BCUT2D eigenvalue weighted by molar-refractivity contribution is 9.10. The molecule has 0 aliphatic rings. The Morgan fingerprint density at radius 2 is 2.15 bits per heavy atom. The molecular weight excluding hydrogens is 341 g/mol. The topological polar surface area (TPSA) is 37.8 Å². The van der Waals surface area contributed by atoms with Crippen molar-refractivity contribution in [3.8, 4) is 10.6 Å². The molecule has 0 fully saturated rings. The zero-order valence-electron chi connectivity index (χ0n) is 11.5. The van der Waals surface area contributed by atoms with Crippen LogP contribution in [0.15, 0.2) is 22.7 Å². The van der Waals surface area contributed by atoms with Crippen molar-refractivity contribution in [3.63, 3.8) is 0 Å². The second-order valence-corrected chi connectivity index (χ2v) is 6.73. The third-order valence-corrected chi connectivity index (χ3v) is 4.42. The number of hydrogen-bond donors (Lipinski definition) is 1. The lowest BCUT2D eigenvalue weighted by molar-refractivity contribution is 0.569. The Kier molecular flexibility index (Phi) is 5.63. The van der Waals surface area contributed by atoms with E-state index in [1.165, 1.54) is 17.4 Å². The molecule has 0 spiro atoms. The summed E-state index contributed by atoms with van der Waals surface area (Å²) in [4.78, 5) is 0. The molecule has 6 heteroatoms. The van der Waals surface area contributed by atoms with Crippen LogP contribution in [-0.2, 0) is 6.42 Å². The molecule has 0 saturated carbocycles. The molecule has 0 aliphatic heterocycles. The van der Waals surface area contributed by atoms with Crippen LogP contribution >= 0.6 is 27.3 Å². The van der Waals surface area contributed by atoms with Gasteiger partial charge >= 0.3 is 0 Å². The van der Waals surface area contributed by atoms with E-state index in [0.717, 1.165) is 24.4 Å². The van der Waals surface area contributed by atoms with Crippen molar-refractivity contribution in [2.24, 2.45) is 0 Å². The summed E-state index contributed by atoms with van der Waals surface area (Å²) in [6.45, 7) is 5.20. The average molecular weight is 358 g/mol. The molecule has 0 radical (unpaired) electrons. The Morgan fingerprint density at radius 1 is 1.35 bits per heavy atom. The molecule has 0 amide bonds. The van der Waals surface area contributed by atoms with E-state index >= 15 is 0 Å². The van der Waals surface area contributed by atoms with Gasteiger partial charge in [0.25, 0.3) is 0 Å². The fourth-order valence-corrected chi connectivity index (χ4v) is 3.39. The Labute approximate surface area is 130 Å². The molecule has 3 nitrogen and oxygen atoms in total. The first-order valence-corrected chi connectivity index (χ1v) is 8.19. The van der Waals surface area contributed by atoms with Crippen molar-refractivity contribution in [2.45, 2.75) is 32.7 Å². The van der Waals surface area contributed by atoms with E-state index < -0.39 is 0 Å². The van der Waals surface area contributed by atoms with Crippen molar-refractivity contribution in [1.82, 2.24) is 15.5 Å². The molecule has 0 aliphatic carbocycles. The van der Waals surface area contributed by atoms with Crippen LogP contribution in [0.1, 0.15) is 25.3 Å². The zero-order valence-corrected chi connectivity index (χ0v) is 13.9. The van der Waals surface area contributed by atoms with Gasteiger partial charge in [-0.3, -0.25) is 0 Å². The molecule has 0 unspecified atom stereocenters. The lowest BCUT2D eigenvalue weighted by Crippen LogP contribution is -2.23. The van der Waals surface area contributed by atoms with E-state index in [1.807, 2.05) is 6.07 Å². The van der Waals surface area contributed by atoms with Crippen molar-refractivity contribution in [2.75, 3.05) is 6.54 Å². The van der Waals surface area contributed by atoms with Crippen LogP contribution in [0, 0.1) is 5.82 Å². The smallest absolute Gasteiger partial charge is 0.151 e. The summed E-state index contributed by atoms with van der Waals surface area (Å²) in [5.41, 5.74) is 0.497. The Bertz CT molecular complexity index is 551. The number of halogens is 2. The SMILES string of the molecule is CC(C)NCCCc1nnc(-c2c(F)cccc2Br)s1. The molecule has 0 saturated heterocycles. The van der Waals surface area contributed by atoms with E-state index in [1.54, 1.807) is 6.07 Å². The highest BCUT2D eigenvalue weighted by Crippen LogP contribution is 2.32. The molecule has 0 atom stereocenters. The van der Waals surface area contributed by atoms with Gasteiger partial charge in [-0.15, -0.1) is 10.2 Å². The molecule has 108 valence electrons. The molecule has 1 aromatic heterocycles. The normalized spacial score (nSPS) is 11.2. The molecular formula is C14H17BrFN3S. The number of nitrogens with one attached hydrogen (secondary N) is 1. The molecule has 1 N–H and O–H groups in total. The second kappa shape index (κ2) is 7.24. The van der Waals surface area contributed by atoms with Crippen molar-refractivity contribution in [3.05, 3.63) is 33.5 Å². The Hall–Kier alpha value is -0.850. The Balaban J connectivity index is 2.02. The average Bonchev–Trinajstić information content (AvgIpc) is 2.83. The summed E-state index contributed by atoms with van der Waals surface area (Å²) in [6.07, 6.45) is 1.87. The first kappa shape index (κ1) is 15.5. The number of aryl methyl sites for hydroxylation is 1. The summed E-state index contributed by atoms with van der Waals surface area (Å²) in [6, 6.07) is 5.41. The lowest BCUT2D eigenvalue weighted by Gasteiger charge is -2.05. The molecule has 1 heterocycles. The summed E-state index contributed by atoms with van der Waals surface area (Å²) in [5, 5.41) is 13.2. The highest BCUT2D eigenvalue weighted by atomic mass is 79.9. The van der Waals surface area contributed by atoms with E-state index in [4.69, 9.17) is 0 Å². The van der Waals surface area contributed by atoms with Gasteiger partial charge in [0.1, 0.15) is 10.8 Å². The maximum Gasteiger partial charge on any atom is 0.151 e. The highest BCUT2D eigenvalue weighted by Gasteiger charge is 2.14. The van der Waals surface area contributed by atoms with Crippen LogP contribution in [0.5, 0.6) is 0 Å². The maximum atomic E-state index is 13.8. The number of nitrogens with zero attached hydrogens (tertiary/aromatic N) is 2. The first-order chi connectivity index (χ1) is 9.58. The molecule has 2 rings (SSSR count). The van der Waals surface area contributed by atoms with Gasteiger partial charge in [0.15, 0.2) is 5.01 Å². The number of benzene rings is 1. The van der Waals surface area contributed by atoms with E-state index in [0.29, 0.717) is 21.1 Å². The predicted octanol–water partition coefficient (Wildman–Crippen LogP) is 4.04. The zero-order chi connectivity index (χ0) is 14.5. The number of aromatic nitrogens is 2. The van der Waals surface area contributed by atoms with Gasteiger partial charge in [-0.2, -0.15) is 0 Å². The monoisotopic (exact) mass is 357 g/mol. The van der Waals surface area contributed by atoms with E-state index in [2.05, 4.69) is 45.3 Å². The van der Waals surface area contributed by atoms with Gasteiger partial charge < -0.3 is 5.32 Å². The van der Waals surface area contributed by atoms with Gasteiger partial charge in [0.05, 0.1) is 5.56 Å².